The van der Waals surface area contributed by atoms with Gasteiger partial charge in [-0.15, -0.1) is 11.3 Å². The third-order valence-electron chi connectivity index (χ3n) is 3.41. The Kier molecular flexibility index (Phi) is 3.95. The van der Waals surface area contributed by atoms with E-state index in [-0.39, 0.29) is 0 Å². The zero-order valence-corrected chi connectivity index (χ0v) is 12.3. The summed E-state index contributed by atoms with van der Waals surface area (Å²) in [7, 11) is 0. The van der Waals surface area contributed by atoms with Crippen molar-refractivity contribution in [3.8, 4) is 0 Å². The minimum Gasteiger partial charge on any atom is -0.380 e. The quantitative estimate of drug-likeness (QED) is 0.885. The molecule has 4 heteroatoms. The second-order valence-electron chi connectivity index (χ2n) is 4.80. The Morgan fingerprint density at radius 2 is 2.00 bits per heavy atom. The monoisotopic (exact) mass is 292 g/mol. The summed E-state index contributed by atoms with van der Waals surface area (Å²) in [5, 5.41) is 3.46. The van der Waals surface area contributed by atoms with Crippen LogP contribution in [0, 0.1) is 0 Å². The van der Waals surface area contributed by atoms with Crippen LogP contribution in [0.4, 0.5) is 11.4 Å². The first-order valence-corrected chi connectivity index (χ1v) is 7.84. The van der Waals surface area contributed by atoms with Gasteiger partial charge in [0.1, 0.15) is 0 Å². The van der Waals surface area contributed by atoms with Crippen molar-refractivity contribution in [2.24, 2.45) is 0 Å². The van der Waals surface area contributed by atoms with E-state index in [1.165, 1.54) is 42.2 Å². The molecule has 2 nitrogen and oxygen atoms in total. The highest BCUT2D eigenvalue weighted by molar-refractivity contribution is 7.16. The van der Waals surface area contributed by atoms with Gasteiger partial charge in [0.15, 0.2) is 0 Å². The largest absolute Gasteiger partial charge is 0.380 e. The van der Waals surface area contributed by atoms with Gasteiger partial charge in [-0.05, 0) is 43.2 Å². The van der Waals surface area contributed by atoms with Crippen molar-refractivity contribution in [2.75, 3.05) is 23.3 Å². The molecule has 0 saturated carbocycles. The van der Waals surface area contributed by atoms with Crippen LogP contribution in [0.25, 0.3) is 0 Å². The minimum atomic E-state index is 0.834. The first kappa shape index (κ1) is 12.8. The summed E-state index contributed by atoms with van der Waals surface area (Å²) in [6, 6.07) is 12.7. The molecule has 1 aromatic heterocycles. The highest BCUT2D eigenvalue weighted by atomic mass is 35.5. The number of rotatable bonds is 4. The fraction of sp³-hybridized carbons (Fsp3) is 0.333. The smallest absolute Gasteiger partial charge is 0.0931 e. The summed E-state index contributed by atoms with van der Waals surface area (Å²) >= 11 is 7.57. The highest BCUT2D eigenvalue weighted by Crippen LogP contribution is 2.25. The van der Waals surface area contributed by atoms with Gasteiger partial charge in [0.05, 0.1) is 4.34 Å². The van der Waals surface area contributed by atoms with Crippen molar-refractivity contribution in [1.82, 2.24) is 0 Å². The number of hydrogen-bond donors (Lipinski definition) is 1. The van der Waals surface area contributed by atoms with Crippen molar-refractivity contribution >= 4 is 34.3 Å². The van der Waals surface area contributed by atoms with Crippen LogP contribution in [0.15, 0.2) is 36.4 Å². The van der Waals surface area contributed by atoms with E-state index in [1.807, 2.05) is 6.07 Å². The standard InChI is InChI=1S/C15H17ClN2S/c16-15-7-6-14(19-15)11-17-12-4-3-5-13(10-12)18-8-1-2-9-18/h3-7,10,17H,1-2,8-9,11H2. The Morgan fingerprint density at radius 1 is 1.16 bits per heavy atom. The summed E-state index contributed by atoms with van der Waals surface area (Å²) in [6.07, 6.45) is 2.62. The summed E-state index contributed by atoms with van der Waals surface area (Å²) in [4.78, 5) is 3.71. The molecular formula is C15H17ClN2S. The van der Waals surface area contributed by atoms with E-state index in [0.717, 1.165) is 10.9 Å². The number of thiophene rings is 1. The average Bonchev–Trinajstić information content (AvgIpc) is 3.08. The molecule has 0 spiro atoms. The molecule has 0 unspecified atom stereocenters. The molecule has 3 rings (SSSR count). The van der Waals surface area contributed by atoms with Crippen LogP contribution in [0.3, 0.4) is 0 Å². The second kappa shape index (κ2) is 5.85. The molecule has 1 aromatic carbocycles. The number of halogens is 1. The maximum Gasteiger partial charge on any atom is 0.0931 e. The lowest BCUT2D eigenvalue weighted by Crippen LogP contribution is -2.17. The SMILES string of the molecule is Clc1ccc(CNc2cccc(N3CCCC3)c2)s1. The lowest BCUT2D eigenvalue weighted by molar-refractivity contribution is 0.949. The second-order valence-corrected chi connectivity index (χ2v) is 6.60. The lowest BCUT2D eigenvalue weighted by Gasteiger charge is -2.18. The summed E-state index contributed by atoms with van der Waals surface area (Å²) in [6.45, 7) is 3.20. The molecule has 1 saturated heterocycles. The zero-order chi connectivity index (χ0) is 13.1. The van der Waals surface area contributed by atoms with Crippen LogP contribution < -0.4 is 10.2 Å². The van der Waals surface area contributed by atoms with Crippen LogP contribution in [0.1, 0.15) is 17.7 Å². The number of nitrogens with zero attached hydrogens (tertiary/aromatic N) is 1. The maximum atomic E-state index is 5.94. The molecule has 0 atom stereocenters. The molecule has 2 aromatic rings. The van der Waals surface area contributed by atoms with Gasteiger partial charge >= 0.3 is 0 Å². The lowest BCUT2D eigenvalue weighted by atomic mass is 10.2. The van der Waals surface area contributed by atoms with Crippen molar-refractivity contribution in [3.05, 3.63) is 45.6 Å². The Morgan fingerprint density at radius 3 is 2.74 bits per heavy atom. The molecule has 0 amide bonds. The Hall–Kier alpha value is -1.19. The van der Waals surface area contributed by atoms with Gasteiger partial charge in [-0.1, -0.05) is 17.7 Å². The van der Waals surface area contributed by atoms with E-state index >= 15 is 0 Å². The Bertz CT molecular complexity index is 547. The zero-order valence-electron chi connectivity index (χ0n) is 10.7. The topological polar surface area (TPSA) is 15.3 Å². The molecule has 19 heavy (non-hydrogen) atoms. The number of benzene rings is 1. The average molecular weight is 293 g/mol. The molecule has 0 bridgehead atoms. The van der Waals surface area contributed by atoms with Gasteiger partial charge in [-0.25, -0.2) is 0 Å². The third-order valence-corrected chi connectivity index (χ3v) is 4.64. The number of anilines is 2. The van der Waals surface area contributed by atoms with Crippen molar-refractivity contribution in [3.63, 3.8) is 0 Å². The molecule has 0 aliphatic carbocycles. The summed E-state index contributed by atoms with van der Waals surface area (Å²) in [5.74, 6) is 0. The van der Waals surface area contributed by atoms with Gasteiger partial charge in [0, 0.05) is 35.9 Å². The molecule has 1 aliphatic rings. The predicted octanol–water partition coefficient (Wildman–Crippen LogP) is 4.61. The van der Waals surface area contributed by atoms with Crippen LogP contribution in [0.2, 0.25) is 4.34 Å². The van der Waals surface area contributed by atoms with E-state index < -0.39 is 0 Å². The summed E-state index contributed by atoms with van der Waals surface area (Å²) in [5.41, 5.74) is 2.50. The van der Waals surface area contributed by atoms with Gasteiger partial charge in [-0.2, -0.15) is 0 Å². The first-order chi connectivity index (χ1) is 9.31. The van der Waals surface area contributed by atoms with Gasteiger partial charge in [0.25, 0.3) is 0 Å². The minimum absolute atomic E-state index is 0.834. The van der Waals surface area contributed by atoms with Crippen molar-refractivity contribution < 1.29 is 0 Å². The van der Waals surface area contributed by atoms with Crippen molar-refractivity contribution in [2.45, 2.75) is 19.4 Å². The molecular weight excluding hydrogens is 276 g/mol. The Labute approximate surface area is 123 Å². The van der Waals surface area contributed by atoms with Gasteiger partial charge < -0.3 is 10.2 Å². The van der Waals surface area contributed by atoms with E-state index in [9.17, 15) is 0 Å². The fourth-order valence-electron chi connectivity index (χ4n) is 2.42. The fourth-order valence-corrected chi connectivity index (χ4v) is 3.45. The van der Waals surface area contributed by atoms with Crippen LogP contribution in [-0.2, 0) is 6.54 Å². The maximum absolute atomic E-state index is 5.94. The van der Waals surface area contributed by atoms with Crippen LogP contribution in [0.5, 0.6) is 0 Å². The number of hydrogen-bond acceptors (Lipinski definition) is 3. The van der Waals surface area contributed by atoms with E-state index in [4.69, 9.17) is 11.6 Å². The van der Waals surface area contributed by atoms with E-state index in [2.05, 4.69) is 40.5 Å². The van der Waals surface area contributed by atoms with Crippen LogP contribution >= 0.6 is 22.9 Å². The molecule has 2 heterocycles. The third kappa shape index (κ3) is 3.23. The summed E-state index contributed by atoms with van der Waals surface area (Å²) < 4.78 is 0.850. The molecule has 100 valence electrons. The molecule has 1 fully saturated rings. The highest BCUT2D eigenvalue weighted by Gasteiger charge is 2.12. The Balaban J connectivity index is 1.65. The van der Waals surface area contributed by atoms with Gasteiger partial charge in [-0.3, -0.25) is 0 Å². The van der Waals surface area contributed by atoms with E-state index in [1.54, 1.807) is 11.3 Å². The van der Waals surface area contributed by atoms with E-state index in [0.29, 0.717) is 0 Å². The normalized spacial score (nSPS) is 14.9. The van der Waals surface area contributed by atoms with Crippen molar-refractivity contribution in [1.29, 1.82) is 0 Å². The first-order valence-electron chi connectivity index (χ1n) is 6.64. The number of nitrogens with one attached hydrogen (secondary N) is 1. The molecule has 0 radical (unpaired) electrons. The predicted molar refractivity (Wildman–Crippen MR) is 84.5 cm³/mol. The molecule has 1 aliphatic heterocycles. The molecule has 1 N–H and O–H groups in total. The van der Waals surface area contributed by atoms with Gasteiger partial charge in [0.2, 0.25) is 0 Å². The van der Waals surface area contributed by atoms with Crippen LogP contribution in [-0.4, -0.2) is 13.1 Å².